The summed E-state index contributed by atoms with van der Waals surface area (Å²) in [6.07, 6.45) is 2.23. The van der Waals surface area contributed by atoms with Crippen LogP contribution in [-0.4, -0.2) is 71.3 Å². The minimum Gasteiger partial charge on any atom is -0.379 e. The number of H-pyrrole nitrogens is 2. The van der Waals surface area contributed by atoms with Gasteiger partial charge in [-0.05, 0) is 13.0 Å². The molecular formula is C17H26N4O4. The van der Waals surface area contributed by atoms with Crippen LogP contribution in [0.15, 0.2) is 15.7 Å². The monoisotopic (exact) mass is 350 g/mol. The van der Waals surface area contributed by atoms with E-state index < -0.39 is 11.1 Å². The lowest BCUT2D eigenvalue weighted by Crippen LogP contribution is -2.46. The van der Waals surface area contributed by atoms with Crippen molar-refractivity contribution in [1.82, 2.24) is 20.0 Å². The summed E-state index contributed by atoms with van der Waals surface area (Å²) in [7, 11) is 0. The minimum absolute atomic E-state index is 0.0471. The number of unbranched alkanes of at least 4 members (excludes halogenated alkanes) is 1. The van der Waals surface area contributed by atoms with Crippen LogP contribution < -0.4 is 11.1 Å². The van der Waals surface area contributed by atoms with E-state index in [1.165, 1.54) is 6.07 Å². The summed E-state index contributed by atoms with van der Waals surface area (Å²) in [5, 5.41) is 4.49. The standard InChI is InChI=1S/C17H26N4O4/c1-2-3-4-20-7-12-8-21(9-14(20)11-25-10-12)16(23)6-13-5-15(22)18-19-17(13)24/h5,12,14H,2-4,6-11H2,1H3,(H,18,22)(H,19,24)/t12-,14+/m1/s1. The highest BCUT2D eigenvalue weighted by Crippen LogP contribution is 2.20. The molecule has 0 spiro atoms. The number of aromatic nitrogens is 2. The molecule has 0 unspecified atom stereocenters. The molecule has 0 radical (unpaired) electrons. The highest BCUT2D eigenvalue weighted by atomic mass is 16.5. The van der Waals surface area contributed by atoms with Gasteiger partial charge in [-0.15, -0.1) is 0 Å². The average Bonchev–Trinajstić information content (AvgIpc) is 2.86. The lowest BCUT2D eigenvalue weighted by molar-refractivity contribution is -0.132. The van der Waals surface area contributed by atoms with E-state index in [2.05, 4.69) is 22.0 Å². The quantitative estimate of drug-likeness (QED) is 0.751. The van der Waals surface area contributed by atoms with Gasteiger partial charge in [0.15, 0.2) is 0 Å². The molecule has 2 atom stereocenters. The molecule has 2 saturated heterocycles. The maximum Gasteiger partial charge on any atom is 0.266 e. The highest BCUT2D eigenvalue weighted by molar-refractivity contribution is 5.78. The van der Waals surface area contributed by atoms with E-state index in [1.54, 1.807) is 0 Å². The molecule has 1 aromatic heterocycles. The number of carbonyl (C=O) groups is 1. The first-order valence-corrected chi connectivity index (χ1v) is 8.97. The van der Waals surface area contributed by atoms with Crippen molar-refractivity contribution >= 4 is 5.91 Å². The molecule has 1 amide bonds. The maximum absolute atomic E-state index is 12.7. The second-order valence-electron chi connectivity index (χ2n) is 6.99. The number of nitrogens with one attached hydrogen (secondary N) is 2. The van der Waals surface area contributed by atoms with Gasteiger partial charge in [0.2, 0.25) is 5.91 Å². The fraction of sp³-hybridized carbons (Fsp3) is 0.706. The van der Waals surface area contributed by atoms with Gasteiger partial charge >= 0.3 is 0 Å². The molecule has 8 heteroatoms. The normalized spacial score (nSPS) is 24.1. The number of aromatic amines is 2. The molecule has 3 rings (SSSR count). The fourth-order valence-electron chi connectivity index (χ4n) is 3.63. The number of amides is 1. The Morgan fingerprint density at radius 1 is 1.24 bits per heavy atom. The van der Waals surface area contributed by atoms with E-state index >= 15 is 0 Å². The third-order valence-electron chi connectivity index (χ3n) is 4.97. The number of fused-ring (bicyclic) bond motifs is 3. The zero-order chi connectivity index (χ0) is 17.8. The molecule has 2 aliphatic heterocycles. The van der Waals surface area contributed by atoms with E-state index in [4.69, 9.17) is 4.74 Å². The molecule has 138 valence electrons. The summed E-state index contributed by atoms with van der Waals surface area (Å²) >= 11 is 0. The summed E-state index contributed by atoms with van der Waals surface area (Å²) in [5.74, 6) is 0.177. The van der Waals surface area contributed by atoms with Crippen molar-refractivity contribution in [2.24, 2.45) is 5.92 Å². The Morgan fingerprint density at radius 3 is 2.88 bits per heavy atom. The topological polar surface area (TPSA) is 98.5 Å². The summed E-state index contributed by atoms with van der Waals surface area (Å²) < 4.78 is 5.77. The Morgan fingerprint density at radius 2 is 2.08 bits per heavy atom. The molecule has 3 heterocycles. The predicted molar refractivity (Wildman–Crippen MR) is 92.5 cm³/mol. The van der Waals surface area contributed by atoms with Crippen LogP contribution >= 0.6 is 0 Å². The number of carbonyl (C=O) groups excluding carboxylic acids is 1. The van der Waals surface area contributed by atoms with Gasteiger partial charge in [-0.1, -0.05) is 13.3 Å². The summed E-state index contributed by atoms with van der Waals surface area (Å²) in [6, 6.07) is 1.40. The van der Waals surface area contributed by atoms with E-state index in [0.29, 0.717) is 26.3 Å². The van der Waals surface area contributed by atoms with Crippen LogP contribution in [0.5, 0.6) is 0 Å². The van der Waals surface area contributed by atoms with Crippen LogP contribution in [-0.2, 0) is 16.0 Å². The van der Waals surface area contributed by atoms with Crippen LogP contribution in [0.3, 0.4) is 0 Å². The Balaban J connectivity index is 1.72. The second kappa shape index (κ2) is 7.97. The Hall–Kier alpha value is -1.93. The fourth-order valence-corrected chi connectivity index (χ4v) is 3.63. The zero-order valence-corrected chi connectivity index (χ0v) is 14.6. The smallest absolute Gasteiger partial charge is 0.266 e. The lowest BCUT2D eigenvalue weighted by Gasteiger charge is -2.31. The molecule has 1 aromatic rings. The number of ether oxygens (including phenoxy) is 1. The van der Waals surface area contributed by atoms with E-state index in [9.17, 15) is 14.4 Å². The number of hydrogen-bond donors (Lipinski definition) is 2. The largest absolute Gasteiger partial charge is 0.379 e. The number of rotatable bonds is 5. The highest BCUT2D eigenvalue weighted by Gasteiger charge is 2.34. The van der Waals surface area contributed by atoms with Gasteiger partial charge in [-0.2, -0.15) is 0 Å². The zero-order valence-electron chi connectivity index (χ0n) is 14.6. The average molecular weight is 350 g/mol. The molecule has 0 aliphatic carbocycles. The molecule has 2 fully saturated rings. The van der Waals surface area contributed by atoms with Crippen LogP contribution in [0.2, 0.25) is 0 Å². The molecule has 2 bridgehead atoms. The Labute approximate surface area is 146 Å². The van der Waals surface area contributed by atoms with Gasteiger partial charge in [0, 0.05) is 37.2 Å². The summed E-state index contributed by atoms with van der Waals surface area (Å²) in [4.78, 5) is 40.2. The van der Waals surface area contributed by atoms with Crippen molar-refractivity contribution < 1.29 is 9.53 Å². The van der Waals surface area contributed by atoms with Crippen LogP contribution in [0.25, 0.3) is 0 Å². The van der Waals surface area contributed by atoms with Crippen LogP contribution in [0, 0.1) is 5.92 Å². The first-order valence-electron chi connectivity index (χ1n) is 8.97. The predicted octanol–water partition coefficient (Wildman–Crippen LogP) is -0.435. The van der Waals surface area contributed by atoms with Gasteiger partial charge < -0.3 is 9.64 Å². The van der Waals surface area contributed by atoms with Gasteiger partial charge in [-0.25, -0.2) is 0 Å². The molecule has 0 aromatic carbocycles. The first-order chi connectivity index (χ1) is 12.1. The van der Waals surface area contributed by atoms with E-state index in [1.807, 2.05) is 4.90 Å². The maximum atomic E-state index is 12.7. The van der Waals surface area contributed by atoms with Crippen LogP contribution in [0.1, 0.15) is 25.3 Å². The van der Waals surface area contributed by atoms with Crippen molar-refractivity contribution in [3.05, 3.63) is 32.3 Å². The molecule has 0 saturated carbocycles. The van der Waals surface area contributed by atoms with Crippen molar-refractivity contribution in [1.29, 1.82) is 0 Å². The molecule has 25 heavy (non-hydrogen) atoms. The summed E-state index contributed by atoms with van der Waals surface area (Å²) in [6.45, 7) is 6.69. The Kier molecular flexibility index (Phi) is 5.70. The van der Waals surface area contributed by atoms with Crippen LogP contribution in [0.4, 0.5) is 0 Å². The first kappa shape index (κ1) is 17.9. The lowest BCUT2D eigenvalue weighted by atomic mass is 10.1. The number of hydrogen-bond acceptors (Lipinski definition) is 5. The number of nitrogens with zero attached hydrogens (tertiary/aromatic N) is 2. The van der Waals surface area contributed by atoms with Crippen molar-refractivity contribution in [2.75, 3.05) is 39.4 Å². The van der Waals surface area contributed by atoms with Gasteiger partial charge in [-0.3, -0.25) is 29.5 Å². The van der Waals surface area contributed by atoms with Crippen molar-refractivity contribution in [3.63, 3.8) is 0 Å². The van der Waals surface area contributed by atoms with Gasteiger partial charge in [0.1, 0.15) is 0 Å². The van der Waals surface area contributed by atoms with Crippen molar-refractivity contribution in [3.8, 4) is 0 Å². The summed E-state index contributed by atoms with van der Waals surface area (Å²) in [5.41, 5.74) is -0.618. The van der Waals surface area contributed by atoms with Crippen molar-refractivity contribution in [2.45, 2.75) is 32.2 Å². The van der Waals surface area contributed by atoms with E-state index in [0.717, 1.165) is 25.9 Å². The third kappa shape index (κ3) is 4.38. The SMILES string of the molecule is CCCCN1C[C@H]2COC[C@@H]1CN(C(=O)Cc1cc(=O)[nH][nH]c1=O)C2. The molecule has 8 nitrogen and oxygen atoms in total. The Bertz CT molecular complexity index is 713. The second-order valence-corrected chi connectivity index (χ2v) is 6.99. The molecular weight excluding hydrogens is 324 g/mol. The minimum atomic E-state index is -0.420. The van der Waals surface area contributed by atoms with Gasteiger partial charge in [0.25, 0.3) is 11.1 Å². The van der Waals surface area contributed by atoms with Gasteiger partial charge in [0.05, 0.1) is 25.7 Å². The van der Waals surface area contributed by atoms with E-state index in [-0.39, 0.29) is 29.9 Å². The third-order valence-corrected chi connectivity index (χ3v) is 4.97. The molecule has 2 aliphatic rings. The molecule has 2 N–H and O–H groups in total.